The number of rotatable bonds is 7. The number of hydrogen-bond acceptors (Lipinski definition) is 7. The van der Waals surface area contributed by atoms with Crippen LogP contribution in [0.15, 0.2) is 28.9 Å². The molecule has 0 bridgehead atoms. The second kappa shape index (κ2) is 8.72. The normalized spacial score (nSPS) is 21.4. The summed E-state index contributed by atoms with van der Waals surface area (Å²) in [7, 11) is 3.17. The molecule has 2 aromatic rings. The number of hydrogen-bond donors (Lipinski definition) is 0. The molecule has 1 aliphatic heterocycles. The first-order valence-electron chi connectivity index (χ1n) is 10.9. The van der Waals surface area contributed by atoms with Crippen LogP contribution in [-0.4, -0.2) is 58.0 Å². The van der Waals surface area contributed by atoms with Gasteiger partial charge in [0, 0.05) is 31.5 Å². The van der Waals surface area contributed by atoms with Gasteiger partial charge in [-0.1, -0.05) is 41.4 Å². The molecule has 32 heavy (non-hydrogen) atoms. The number of carbonyl (C=O) groups excluding carboxylic acids is 3. The molecule has 3 amide bonds. The highest BCUT2D eigenvalue weighted by molar-refractivity contribution is 6.11. The van der Waals surface area contributed by atoms with Crippen LogP contribution >= 0.6 is 0 Å². The summed E-state index contributed by atoms with van der Waals surface area (Å²) in [5.41, 5.74) is 0.425. The minimum absolute atomic E-state index is 0.0488. The number of aryl methyl sites for hydroxylation is 1. The van der Waals surface area contributed by atoms with Crippen LogP contribution in [0.1, 0.15) is 55.5 Å². The highest BCUT2D eigenvalue weighted by atomic mass is 16.6. The van der Waals surface area contributed by atoms with Gasteiger partial charge >= 0.3 is 0 Å². The van der Waals surface area contributed by atoms with Gasteiger partial charge < -0.3 is 9.64 Å². The second-order valence-corrected chi connectivity index (χ2v) is 8.69. The lowest BCUT2D eigenvalue weighted by Gasteiger charge is -2.31. The molecule has 2 heterocycles. The van der Waals surface area contributed by atoms with Crippen molar-refractivity contribution in [2.45, 2.75) is 63.5 Å². The molecular weight excluding hydrogens is 412 g/mol. The maximum Gasteiger partial charge on any atom is 0.241 e. The monoisotopic (exact) mass is 440 g/mol. The first-order chi connectivity index (χ1) is 15.4. The Morgan fingerprint density at radius 2 is 1.97 bits per heavy atom. The maximum atomic E-state index is 13.9. The largest absolute Gasteiger partial charge is 0.496 e. The maximum absolute atomic E-state index is 13.9. The molecule has 1 aliphatic carbocycles. The van der Waals surface area contributed by atoms with Crippen LogP contribution in [0.4, 0.5) is 0 Å². The predicted molar refractivity (Wildman–Crippen MR) is 114 cm³/mol. The number of likely N-dealkylation sites (tertiary alicyclic amines) is 1. The molecule has 1 aromatic carbocycles. The van der Waals surface area contributed by atoms with E-state index in [-0.39, 0.29) is 43.1 Å². The van der Waals surface area contributed by atoms with Crippen molar-refractivity contribution in [1.82, 2.24) is 20.1 Å². The summed E-state index contributed by atoms with van der Waals surface area (Å²) < 4.78 is 10.3. The van der Waals surface area contributed by atoms with Gasteiger partial charge in [-0.05, 0) is 25.8 Å². The predicted octanol–water partition coefficient (Wildman–Crippen LogP) is 2.37. The van der Waals surface area contributed by atoms with Crippen LogP contribution in [0.25, 0.3) is 0 Å². The van der Waals surface area contributed by atoms with Gasteiger partial charge in [0.25, 0.3) is 0 Å². The van der Waals surface area contributed by atoms with Crippen molar-refractivity contribution in [2.75, 3.05) is 14.2 Å². The van der Waals surface area contributed by atoms with Crippen molar-refractivity contribution < 1.29 is 23.7 Å². The van der Waals surface area contributed by atoms with Crippen molar-refractivity contribution in [2.24, 2.45) is 0 Å². The highest BCUT2D eigenvalue weighted by Gasteiger charge is 2.56. The molecule has 1 aromatic heterocycles. The van der Waals surface area contributed by atoms with Gasteiger partial charge in [-0.3, -0.25) is 19.3 Å². The van der Waals surface area contributed by atoms with Gasteiger partial charge in [0.15, 0.2) is 0 Å². The average Bonchev–Trinajstić information content (AvgIpc) is 3.50. The molecule has 0 N–H and O–H groups in total. The fraction of sp³-hybridized carbons (Fsp3) is 0.522. The number of carbonyl (C=O) groups is 3. The number of benzene rings is 1. The molecule has 9 nitrogen and oxygen atoms in total. The fourth-order valence-corrected chi connectivity index (χ4v) is 4.88. The Bertz CT molecular complexity index is 1030. The topological polar surface area (TPSA) is 106 Å². The van der Waals surface area contributed by atoms with Gasteiger partial charge in [-0.2, -0.15) is 0 Å². The van der Waals surface area contributed by atoms with Gasteiger partial charge in [0.1, 0.15) is 17.1 Å². The zero-order chi connectivity index (χ0) is 22.9. The first-order valence-corrected chi connectivity index (χ1v) is 10.9. The molecule has 9 heteroatoms. The summed E-state index contributed by atoms with van der Waals surface area (Å²) in [5.74, 6) is -0.304. The van der Waals surface area contributed by atoms with E-state index in [1.165, 1.54) is 16.9 Å². The zero-order valence-electron chi connectivity index (χ0n) is 18.7. The van der Waals surface area contributed by atoms with Crippen LogP contribution in [0.3, 0.4) is 0 Å². The number of ether oxygens (including phenoxy) is 1. The van der Waals surface area contributed by atoms with Crippen molar-refractivity contribution >= 4 is 17.7 Å². The number of para-hydroxylation sites is 1. The van der Waals surface area contributed by atoms with Crippen molar-refractivity contribution in [3.05, 3.63) is 41.2 Å². The molecular formula is C23H28N4O5. The van der Waals surface area contributed by atoms with Gasteiger partial charge in [0.2, 0.25) is 17.7 Å². The van der Waals surface area contributed by atoms with Crippen LogP contribution in [-0.2, 0) is 26.3 Å². The summed E-state index contributed by atoms with van der Waals surface area (Å²) in [5, 5.41) is 7.58. The second-order valence-electron chi connectivity index (χ2n) is 8.69. The van der Waals surface area contributed by atoms with Gasteiger partial charge in [-0.15, -0.1) is 0 Å². The summed E-state index contributed by atoms with van der Waals surface area (Å²) in [6.45, 7) is 1.95. The summed E-state index contributed by atoms with van der Waals surface area (Å²) in [6, 6.07) is 7.05. The van der Waals surface area contributed by atoms with E-state index in [4.69, 9.17) is 9.37 Å². The molecule has 1 saturated carbocycles. The number of imide groups is 1. The molecule has 0 spiro atoms. The Hall–Kier alpha value is -3.23. The number of amides is 3. The highest BCUT2D eigenvalue weighted by Crippen LogP contribution is 2.46. The van der Waals surface area contributed by atoms with E-state index in [0.29, 0.717) is 22.7 Å². The Morgan fingerprint density at radius 3 is 2.62 bits per heavy atom. The molecule has 0 unspecified atom stereocenters. The van der Waals surface area contributed by atoms with Crippen molar-refractivity contribution in [1.29, 1.82) is 0 Å². The van der Waals surface area contributed by atoms with E-state index in [2.05, 4.69) is 10.3 Å². The minimum atomic E-state index is -1.30. The summed E-state index contributed by atoms with van der Waals surface area (Å²) >= 11 is 0. The Labute approximate surface area is 186 Å². The fourth-order valence-electron chi connectivity index (χ4n) is 4.88. The molecule has 1 saturated heterocycles. The third-order valence-corrected chi connectivity index (χ3v) is 6.67. The lowest BCUT2D eigenvalue weighted by molar-refractivity contribution is -0.144. The molecule has 170 valence electrons. The van der Waals surface area contributed by atoms with E-state index in [0.717, 1.165) is 25.7 Å². The molecule has 2 aliphatic rings. The van der Waals surface area contributed by atoms with Gasteiger partial charge in [0.05, 0.1) is 19.1 Å². The molecule has 1 atom stereocenters. The lowest BCUT2D eigenvalue weighted by Crippen LogP contribution is -2.45. The third-order valence-electron chi connectivity index (χ3n) is 6.67. The number of methoxy groups -OCH3 is 1. The van der Waals surface area contributed by atoms with Gasteiger partial charge in [-0.25, -0.2) is 4.63 Å². The van der Waals surface area contributed by atoms with Crippen LogP contribution in [0.5, 0.6) is 5.75 Å². The zero-order valence-corrected chi connectivity index (χ0v) is 18.7. The van der Waals surface area contributed by atoms with E-state index in [9.17, 15) is 14.4 Å². The summed E-state index contributed by atoms with van der Waals surface area (Å²) in [4.78, 5) is 43.2. The lowest BCUT2D eigenvalue weighted by atomic mass is 9.75. The standard InChI is InChI=1S/C23H28N4O5/c1-15-18(25-32-24-15)14-26(2)20(28)12-23(17-10-6-7-11-19(17)31-3)13-21(29)27(22(23)30)16-8-4-5-9-16/h6-7,10-11,16H,4-5,8-9,12-14H2,1-3H3/t23-/m0/s1. The number of nitrogens with zero attached hydrogens (tertiary/aromatic N) is 4. The Balaban J connectivity index is 1.69. The third kappa shape index (κ3) is 3.76. The smallest absolute Gasteiger partial charge is 0.241 e. The van der Waals surface area contributed by atoms with Crippen LogP contribution in [0, 0.1) is 6.92 Å². The van der Waals surface area contributed by atoms with Crippen LogP contribution < -0.4 is 4.74 Å². The summed E-state index contributed by atoms with van der Waals surface area (Å²) in [6.07, 6.45) is 3.43. The van der Waals surface area contributed by atoms with Crippen molar-refractivity contribution in [3.63, 3.8) is 0 Å². The molecule has 0 radical (unpaired) electrons. The number of aromatic nitrogens is 2. The minimum Gasteiger partial charge on any atom is -0.496 e. The van der Waals surface area contributed by atoms with Crippen LogP contribution in [0.2, 0.25) is 0 Å². The van der Waals surface area contributed by atoms with E-state index in [1.54, 1.807) is 38.2 Å². The quantitative estimate of drug-likeness (QED) is 0.609. The van der Waals surface area contributed by atoms with E-state index < -0.39 is 5.41 Å². The van der Waals surface area contributed by atoms with E-state index in [1.807, 2.05) is 0 Å². The average molecular weight is 441 g/mol. The molecule has 4 rings (SSSR count). The molecule has 2 fully saturated rings. The Kier molecular flexibility index (Phi) is 5.99. The Morgan fingerprint density at radius 1 is 1.25 bits per heavy atom. The SMILES string of the molecule is COc1ccccc1[C@]1(CC(=O)N(C)Cc2nonc2C)CC(=O)N(C2CCCC2)C1=O. The first kappa shape index (κ1) is 22.0. The van der Waals surface area contributed by atoms with E-state index >= 15 is 0 Å². The van der Waals surface area contributed by atoms with Crippen molar-refractivity contribution in [3.8, 4) is 5.75 Å².